The van der Waals surface area contributed by atoms with Crippen LogP contribution in [0.1, 0.15) is 25.8 Å². The lowest BCUT2D eigenvalue weighted by molar-refractivity contribution is 0.414. The van der Waals surface area contributed by atoms with Gasteiger partial charge in [0, 0.05) is 17.1 Å². The molecule has 0 amide bonds. The summed E-state index contributed by atoms with van der Waals surface area (Å²) < 4.78 is 5.28. The summed E-state index contributed by atoms with van der Waals surface area (Å²) in [6.45, 7) is 4.76. The van der Waals surface area contributed by atoms with E-state index < -0.39 is 0 Å². The number of nitrogens with one attached hydrogen (secondary N) is 2. The molecule has 0 aliphatic rings. The van der Waals surface area contributed by atoms with Crippen LogP contribution in [0.15, 0.2) is 23.3 Å². The van der Waals surface area contributed by atoms with Gasteiger partial charge in [-0.2, -0.15) is 5.10 Å². The van der Waals surface area contributed by atoms with Crippen molar-refractivity contribution in [3.05, 3.63) is 28.8 Å². The summed E-state index contributed by atoms with van der Waals surface area (Å²) in [5, 5.41) is 8.39. The van der Waals surface area contributed by atoms with E-state index in [1.807, 2.05) is 19.1 Å². The van der Waals surface area contributed by atoms with E-state index in [9.17, 15) is 0 Å². The standard InChI is InChI=1S/C13H18ClN3OS/c1-4-7-15-13(19)17-16-9(2)11-8-10(14)5-6-12(11)18-3/h5-6,8H,4,7H2,1-3H3,(H2,15,17,19)/b16-9-. The Morgan fingerprint density at radius 2 is 2.21 bits per heavy atom. The van der Waals surface area contributed by atoms with E-state index in [1.54, 1.807) is 13.2 Å². The fraction of sp³-hybridized carbons (Fsp3) is 0.385. The van der Waals surface area contributed by atoms with Gasteiger partial charge in [-0.05, 0) is 43.8 Å². The van der Waals surface area contributed by atoms with E-state index >= 15 is 0 Å². The van der Waals surface area contributed by atoms with E-state index in [0.717, 1.165) is 30.0 Å². The summed E-state index contributed by atoms with van der Waals surface area (Å²) in [6.07, 6.45) is 1.01. The van der Waals surface area contributed by atoms with Crippen LogP contribution in [0.4, 0.5) is 0 Å². The fourth-order valence-electron chi connectivity index (χ4n) is 1.44. The zero-order valence-corrected chi connectivity index (χ0v) is 12.9. The van der Waals surface area contributed by atoms with Crippen molar-refractivity contribution >= 4 is 34.6 Å². The average molecular weight is 300 g/mol. The maximum atomic E-state index is 5.98. The fourth-order valence-corrected chi connectivity index (χ4v) is 1.76. The predicted molar refractivity (Wildman–Crippen MR) is 84.2 cm³/mol. The van der Waals surface area contributed by atoms with Crippen LogP contribution in [0.2, 0.25) is 5.02 Å². The highest BCUT2D eigenvalue weighted by Gasteiger charge is 2.07. The topological polar surface area (TPSA) is 45.7 Å². The number of hydrazone groups is 1. The Bertz CT molecular complexity index is 477. The Labute approximate surface area is 124 Å². The second-order valence-corrected chi connectivity index (χ2v) is 4.75. The minimum atomic E-state index is 0.502. The maximum absolute atomic E-state index is 5.98. The van der Waals surface area contributed by atoms with Gasteiger partial charge in [0.2, 0.25) is 0 Å². The molecular weight excluding hydrogens is 282 g/mol. The van der Waals surface area contributed by atoms with Crippen LogP contribution in [-0.2, 0) is 0 Å². The zero-order valence-electron chi connectivity index (χ0n) is 11.3. The van der Waals surface area contributed by atoms with Gasteiger partial charge in [0.1, 0.15) is 5.75 Å². The zero-order chi connectivity index (χ0) is 14.3. The molecule has 1 aromatic carbocycles. The molecule has 0 spiro atoms. The number of benzene rings is 1. The quantitative estimate of drug-likeness (QED) is 0.498. The van der Waals surface area contributed by atoms with Crippen molar-refractivity contribution in [2.24, 2.45) is 5.10 Å². The highest BCUT2D eigenvalue weighted by atomic mass is 35.5. The number of rotatable bonds is 5. The molecule has 104 valence electrons. The highest BCUT2D eigenvalue weighted by molar-refractivity contribution is 7.80. The summed E-state index contributed by atoms with van der Waals surface area (Å²) in [5.41, 5.74) is 4.38. The minimum Gasteiger partial charge on any atom is -0.496 e. The molecule has 0 saturated carbocycles. The first-order valence-electron chi connectivity index (χ1n) is 6.00. The van der Waals surface area contributed by atoms with Crippen LogP contribution >= 0.6 is 23.8 Å². The van der Waals surface area contributed by atoms with Gasteiger partial charge < -0.3 is 10.1 Å². The van der Waals surface area contributed by atoms with E-state index in [2.05, 4.69) is 22.8 Å². The first-order valence-corrected chi connectivity index (χ1v) is 6.79. The van der Waals surface area contributed by atoms with Gasteiger partial charge in [-0.25, -0.2) is 0 Å². The average Bonchev–Trinajstić information content (AvgIpc) is 2.42. The van der Waals surface area contributed by atoms with Crippen molar-refractivity contribution in [1.29, 1.82) is 0 Å². The molecule has 0 heterocycles. The normalized spacial score (nSPS) is 11.1. The lowest BCUT2D eigenvalue weighted by Gasteiger charge is -2.10. The van der Waals surface area contributed by atoms with Gasteiger partial charge >= 0.3 is 0 Å². The predicted octanol–water partition coefficient (Wildman–Crippen LogP) is 2.95. The lowest BCUT2D eigenvalue weighted by atomic mass is 10.1. The number of halogens is 1. The Kier molecular flexibility index (Phi) is 6.59. The molecule has 4 nitrogen and oxygen atoms in total. The number of methoxy groups -OCH3 is 1. The number of nitrogens with zero attached hydrogens (tertiary/aromatic N) is 1. The van der Waals surface area contributed by atoms with Crippen LogP contribution < -0.4 is 15.5 Å². The summed E-state index contributed by atoms with van der Waals surface area (Å²) in [6, 6.07) is 5.39. The molecule has 0 aliphatic heterocycles. The first-order chi connectivity index (χ1) is 9.08. The maximum Gasteiger partial charge on any atom is 0.186 e. The number of thiocarbonyl (C=S) groups is 1. The molecule has 1 aromatic rings. The third-order valence-electron chi connectivity index (χ3n) is 2.41. The molecular formula is C13H18ClN3OS. The van der Waals surface area contributed by atoms with Gasteiger partial charge in [0.25, 0.3) is 0 Å². The van der Waals surface area contributed by atoms with E-state index in [1.165, 1.54) is 0 Å². The summed E-state index contributed by atoms with van der Waals surface area (Å²) in [5.74, 6) is 0.722. The summed E-state index contributed by atoms with van der Waals surface area (Å²) >= 11 is 11.1. The van der Waals surface area contributed by atoms with E-state index in [-0.39, 0.29) is 0 Å². The number of hydrogen-bond donors (Lipinski definition) is 2. The molecule has 0 aliphatic carbocycles. The molecule has 0 aromatic heterocycles. The second-order valence-electron chi connectivity index (χ2n) is 3.91. The van der Waals surface area contributed by atoms with Crippen molar-refractivity contribution in [2.45, 2.75) is 20.3 Å². The van der Waals surface area contributed by atoms with Crippen molar-refractivity contribution in [3.8, 4) is 5.75 Å². The molecule has 0 saturated heterocycles. The Morgan fingerprint density at radius 1 is 1.47 bits per heavy atom. The van der Waals surface area contributed by atoms with Gasteiger partial charge in [0.05, 0.1) is 12.8 Å². The second kappa shape index (κ2) is 7.96. The number of hydrogen-bond acceptors (Lipinski definition) is 3. The van der Waals surface area contributed by atoms with Crippen LogP contribution in [0.25, 0.3) is 0 Å². The monoisotopic (exact) mass is 299 g/mol. The Hall–Kier alpha value is -1.33. The largest absolute Gasteiger partial charge is 0.496 e. The first kappa shape index (κ1) is 15.7. The van der Waals surface area contributed by atoms with Crippen LogP contribution in [-0.4, -0.2) is 24.5 Å². The SMILES string of the molecule is CCCNC(=S)N/N=C(/C)c1cc(Cl)ccc1OC. The third-order valence-corrected chi connectivity index (χ3v) is 2.88. The minimum absolute atomic E-state index is 0.502. The van der Waals surface area contributed by atoms with Crippen LogP contribution in [0, 0.1) is 0 Å². The molecule has 0 unspecified atom stereocenters. The Balaban J connectivity index is 2.78. The molecule has 0 radical (unpaired) electrons. The van der Waals surface area contributed by atoms with Crippen LogP contribution in [0.5, 0.6) is 5.75 Å². The molecule has 2 N–H and O–H groups in total. The summed E-state index contributed by atoms with van der Waals surface area (Å²) in [4.78, 5) is 0. The number of ether oxygens (including phenoxy) is 1. The van der Waals surface area contributed by atoms with Crippen molar-refractivity contribution in [1.82, 2.24) is 10.7 Å². The van der Waals surface area contributed by atoms with Gasteiger partial charge in [-0.15, -0.1) is 0 Å². The van der Waals surface area contributed by atoms with E-state index in [4.69, 9.17) is 28.6 Å². The molecule has 0 atom stereocenters. The molecule has 19 heavy (non-hydrogen) atoms. The van der Waals surface area contributed by atoms with E-state index in [0.29, 0.717) is 10.1 Å². The lowest BCUT2D eigenvalue weighted by Crippen LogP contribution is -2.33. The third kappa shape index (κ3) is 5.04. The van der Waals surface area contributed by atoms with Crippen LogP contribution in [0.3, 0.4) is 0 Å². The molecule has 0 bridgehead atoms. The summed E-state index contributed by atoms with van der Waals surface area (Å²) in [7, 11) is 1.61. The van der Waals surface area contributed by atoms with Gasteiger partial charge in [-0.3, -0.25) is 5.43 Å². The van der Waals surface area contributed by atoms with Crippen molar-refractivity contribution in [3.63, 3.8) is 0 Å². The van der Waals surface area contributed by atoms with Crippen molar-refractivity contribution in [2.75, 3.05) is 13.7 Å². The molecule has 6 heteroatoms. The van der Waals surface area contributed by atoms with Gasteiger partial charge in [0.15, 0.2) is 5.11 Å². The highest BCUT2D eigenvalue weighted by Crippen LogP contribution is 2.23. The van der Waals surface area contributed by atoms with Crippen molar-refractivity contribution < 1.29 is 4.74 Å². The smallest absolute Gasteiger partial charge is 0.186 e. The molecule has 1 rings (SSSR count). The Morgan fingerprint density at radius 3 is 2.84 bits per heavy atom. The van der Waals surface area contributed by atoms with Gasteiger partial charge in [-0.1, -0.05) is 18.5 Å². The molecule has 0 fully saturated rings.